The Kier molecular flexibility index (Phi) is 6.46. The SMILES string of the molecule is CCOC(=O)/C(=C\c1ccccc1OCOC)C(C)=O. The van der Waals surface area contributed by atoms with Gasteiger partial charge in [-0.1, -0.05) is 18.2 Å². The Balaban J connectivity index is 3.10. The minimum atomic E-state index is -0.637. The summed E-state index contributed by atoms with van der Waals surface area (Å²) in [6.07, 6.45) is 1.46. The summed E-state index contributed by atoms with van der Waals surface area (Å²) in [5, 5.41) is 0. The summed E-state index contributed by atoms with van der Waals surface area (Å²) in [5.74, 6) is -0.469. The molecule has 0 atom stereocenters. The van der Waals surface area contributed by atoms with Gasteiger partial charge in [0.1, 0.15) is 11.3 Å². The molecule has 0 aliphatic heterocycles. The summed E-state index contributed by atoms with van der Waals surface area (Å²) in [6, 6.07) is 7.05. The van der Waals surface area contributed by atoms with Gasteiger partial charge < -0.3 is 14.2 Å². The van der Waals surface area contributed by atoms with Gasteiger partial charge in [0, 0.05) is 12.7 Å². The highest BCUT2D eigenvalue weighted by Gasteiger charge is 2.16. The van der Waals surface area contributed by atoms with Gasteiger partial charge in [-0.25, -0.2) is 4.79 Å². The van der Waals surface area contributed by atoms with E-state index in [1.54, 1.807) is 31.2 Å². The van der Waals surface area contributed by atoms with Crippen LogP contribution in [-0.2, 0) is 19.1 Å². The highest BCUT2D eigenvalue weighted by Crippen LogP contribution is 2.21. The van der Waals surface area contributed by atoms with Crippen molar-refractivity contribution in [3.63, 3.8) is 0 Å². The Bertz CT molecular complexity index is 505. The molecule has 0 fully saturated rings. The summed E-state index contributed by atoms with van der Waals surface area (Å²) in [5.41, 5.74) is 0.600. The predicted molar refractivity (Wildman–Crippen MR) is 74.2 cm³/mol. The second-order valence-electron chi connectivity index (χ2n) is 3.92. The van der Waals surface area contributed by atoms with Crippen LogP contribution < -0.4 is 4.74 Å². The number of esters is 1. The van der Waals surface area contributed by atoms with Gasteiger partial charge in [0.25, 0.3) is 0 Å². The zero-order valence-electron chi connectivity index (χ0n) is 11.8. The van der Waals surface area contributed by atoms with E-state index in [1.807, 2.05) is 0 Å². The average Bonchev–Trinajstić information content (AvgIpc) is 2.43. The van der Waals surface area contributed by atoms with Crippen LogP contribution in [-0.4, -0.2) is 32.3 Å². The first-order chi connectivity index (χ1) is 9.60. The summed E-state index contributed by atoms with van der Waals surface area (Å²) in [7, 11) is 1.51. The van der Waals surface area contributed by atoms with E-state index in [2.05, 4.69) is 0 Å². The van der Waals surface area contributed by atoms with Crippen molar-refractivity contribution in [1.29, 1.82) is 0 Å². The van der Waals surface area contributed by atoms with Crippen LogP contribution in [0.2, 0.25) is 0 Å². The maximum absolute atomic E-state index is 11.7. The highest BCUT2D eigenvalue weighted by molar-refractivity contribution is 6.19. The average molecular weight is 278 g/mol. The molecule has 5 heteroatoms. The van der Waals surface area contributed by atoms with Crippen LogP contribution in [0.3, 0.4) is 0 Å². The van der Waals surface area contributed by atoms with E-state index in [4.69, 9.17) is 14.2 Å². The van der Waals surface area contributed by atoms with Crippen molar-refractivity contribution in [3.05, 3.63) is 35.4 Å². The fourth-order valence-electron chi connectivity index (χ4n) is 1.52. The van der Waals surface area contributed by atoms with Crippen molar-refractivity contribution in [3.8, 4) is 5.75 Å². The third-order valence-electron chi connectivity index (χ3n) is 2.43. The lowest BCUT2D eigenvalue weighted by Crippen LogP contribution is -2.13. The van der Waals surface area contributed by atoms with Crippen LogP contribution in [0.5, 0.6) is 5.75 Å². The van der Waals surface area contributed by atoms with Gasteiger partial charge in [-0.05, 0) is 26.0 Å². The zero-order chi connectivity index (χ0) is 15.0. The monoisotopic (exact) mass is 278 g/mol. The lowest BCUT2D eigenvalue weighted by Gasteiger charge is -2.09. The molecule has 0 heterocycles. The third-order valence-corrected chi connectivity index (χ3v) is 2.43. The Labute approximate surface area is 118 Å². The molecule has 0 amide bonds. The van der Waals surface area contributed by atoms with Gasteiger partial charge in [-0.2, -0.15) is 0 Å². The molecule has 0 saturated carbocycles. The number of methoxy groups -OCH3 is 1. The number of ketones is 1. The number of ether oxygens (including phenoxy) is 3. The Hall–Kier alpha value is -2.14. The van der Waals surface area contributed by atoms with Gasteiger partial charge in [-0.15, -0.1) is 0 Å². The summed E-state index contributed by atoms with van der Waals surface area (Å²) < 4.78 is 15.1. The van der Waals surface area contributed by atoms with Crippen molar-refractivity contribution < 1.29 is 23.8 Å². The molecule has 5 nitrogen and oxygen atoms in total. The molecule has 1 rings (SSSR count). The number of hydrogen-bond acceptors (Lipinski definition) is 5. The summed E-state index contributed by atoms with van der Waals surface area (Å²) in [4.78, 5) is 23.3. The van der Waals surface area contributed by atoms with E-state index in [-0.39, 0.29) is 24.8 Å². The summed E-state index contributed by atoms with van der Waals surface area (Å²) >= 11 is 0. The Morgan fingerprint density at radius 1 is 1.25 bits per heavy atom. The molecule has 0 aromatic heterocycles. The second kappa shape index (κ2) is 8.12. The first-order valence-corrected chi connectivity index (χ1v) is 6.20. The second-order valence-corrected chi connectivity index (χ2v) is 3.92. The number of hydrogen-bond donors (Lipinski definition) is 0. The third kappa shape index (κ3) is 4.51. The largest absolute Gasteiger partial charge is 0.467 e. The molecule has 0 aliphatic rings. The molecule has 108 valence electrons. The predicted octanol–water partition coefficient (Wildman–Crippen LogP) is 2.20. The maximum atomic E-state index is 11.7. The molecule has 20 heavy (non-hydrogen) atoms. The molecule has 1 aromatic carbocycles. The van der Waals surface area contributed by atoms with Crippen molar-refractivity contribution in [1.82, 2.24) is 0 Å². The Morgan fingerprint density at radius 3 is 2.55 bits per heavy atom. The van der Waals surface area contributed by atoms with Crippen molar-refractivity contribution in [2.24, 2.45) is 0 Å². The van der Waals surface area contributed by atoms with Crippen LogP contribution in [0, 0.1) is 0 Å². The summed E-state index contributed by atoms with van der Waals surface area (Å²) in [6.45, 7) is 3.30. The molecule has 0 aliphatic carbocycles. The first-order valence-electron chi connectivity index (χ1n) is 6.20. The molecule has 0 saturated heterocycles. The number of rotatable bonds is 7. The number of carbonyl (C=O) groups excluding carboxylic acids is 2. The number of carbonyl (C=O) groups is 2. The van der Waals surface area contributed by atoms with E-state index in [0.29, 0.717) is 11.3 Å². The van der Waals surface area contributed by atoms with E-state index in [9.17, 15) is 9.59 Å². The van der Waals surface area contributed by atoms with E-state index >= 15 is 0 Å². The van der Waals surface area contributed by atoms with Crippen LogP contribution in [0.15, 0.2) is 29.8 Å². The fraction of sp³-hybridized carbons (Fsp3) is 0.333. The fourth-order valence-corrected chi connectivity index (χ4v) is 1.52. The van der Waals surface area contributed by atoms with Crippen LogP contribution in [0.25, 0.3) is 6.08 Å². The molecule has 0 unspecified atom stereocenters. The number of Topliss-reactive ketones (excluding diaryl/α,β-unsaturated/α-hetero) is 1. The molecule has 0 N–H and O–H groups in total. The first kappa shape index (κ1) is 15.9. The quantitative estimate of drug-likeness (QED) is 0.251. The smallest absolute Gasteiger partial charge is 0.341 e. The molecule has 0 spiro atoms. The number of benzene rings is 1. The highest BCUT2D eigenvalue weighted by atomic mass is 16.7. The molecule has 0 bridgehead atoms. The number of para-hydroxylation sites is 1. The minimum absolute atomic E-state index is 0.0136. The topological polar surface area (TPSA) is 61.8 Å². The van der Waals surface area contributed by atoms with E-state index in [1.165, 1.54) is 20.1 Å². The van der Waals surface area contributed by atoms with Gasteiger partial charge in [0.2, 0.25) is 0 Å². The van der Waals surface area contributed by atoms with Crippen LogP contribution in [0.1, 0.15) is 19.4 Å². The molecular weight excluding hydrogens is 260 g/mol. The van der Waals surface area contributed by atoms with E-state index in [0.717, 1.165) is 0 Å². The van der Waals surface area contributed by atoms with Crippen molar-refractivity contribution >= 4 is 17.8 Å². The van der Waals surface area contributed by atoms with Gasteiger partial charge in [0.05, 0.1) is 6.61 Å². The van der Waals surface area contributed by atoms with Gasteiger partial charge in [0.15, 0.2) is 12.6 Å². The van der Waals surface area contributed by atoms with Gasteiger partial charge in [-0.3, -0.25) is 4.79 Å². The Morgan fingerprint density at radius 2 is 1.95 bits per heavy atom. The van der Waals surface area contributed by atoms with Crippen molar-refractivity contribution in [2.75, 3.05) is 20.5 Å². The van der Waals surface area contributed by atoms with Crippen LogP contribution >= 0.6 is 0 Å². The molecule has 1 aromatic rings. The lowest BCUT2D eigenvalue weighted by molar-refractivity contribution is -0.139. The van der Waals surface area contributed by atoms with Crippen molar-refractivity contribution in [2.45, 2.75) is 13.8 Å². The minimum Gasteiger partial charge on any atom is -0.467 e. The zero-order valence-corrected chi connectivity index (χ0v) is 11.8. The standard InChI is InChI=1S/C15H18O5/c1-4-19-15(17)13(11(2)16)9-12-7-5-6-8-14(12)20-10-18-3/h5-9H,4,10H2,1-3H3/b13-9-. The van der Waals surface area contributed by atoms with Crippen LogP contribution in [0.4, 0.5) is 0 Å². The van der Waals surface area contributed by atoms with Gasteiger partial charge >= 0.3 is 5.97 Å². The van der Waals surface area contributed by atoms with E-state index < -0.39 is 5.97 Å². The molecule has 0 radical (unpaired) electrons. The lowest BCUT2D eigenvalue weighted by atomic mass is 10.1. The normalized spacial score (nSPS) is 11.1. The maximum Gasteiger partial charge on any atom is 0.341 e. The molecular formula is C15H18O5.